The number of amidine groups is 1. The molecule has 1 saturated heterocycles. The molecule has 19 heavy (non-hydrogen) atoms. The summed E-state index contributed by atoms with van der Waals surface area (Å²) in [6.07, 6.45) is 1.54. The number of nitrogens with one attached hydrogen (secondary N) is 1. The maximum Gasteiger partial charge on any atom is 0.236 e. The maximum absolute atomic E-state index is 11.0. The van der Waals surface area contributed by atoms with Gasteiger partial charge in [-0.1, -0.05) is 17.8 Å². The number of carbonyl (C=O) groups is 1. The molecule has 0 unspecified atom stereocenters. The molecule has 1 aliphatic rings. The van der Waals surface area contributed by atoms with Gasteiger partial charge in [0.15, 0.2) is 5.17 Å². The highest BCUT2D eigenvalue weighted by atomic mass is 32.2. The minimum atomic E-state index is -0.0613. The predicted octanol–water partition coefficient (Wildman–Crippen LogP) is 1.26. The zero-order valence-corrected chi connectivity index (χ0v) is 11.4. The summed E-state index contributed by atoms with van der Waals surface area (Å²) in [5.41, 5.74) is 0.700. The fraction of sp³-hybridized carbons (Fsp3) is 0.250. The van der Waals surface area contributed by atoms with Crippen molar-refractivity contribution in [2.75, 3.05) is 20.0 Å². The summed E-state index contributed by atoms with van der Waals surface area (Å²) < 4.78 is 10.5. The number of benzene rings is 1. The third kappa shape index (κ3) is 3.25. The molecule has 1 aliphatic heterocycles. The number of rotatable bonds is 4. The van der Waals surface area contributed by atoms with Crippen LogP contribution in [0.3, 0.4) is 0 Å². The molecular formula is C12H13N3O3S. The molecule has 1 amide bonds. The second-order valence-electron chi connectivity index (χ2n) is 3.56. The van der Waals surface area contributed by atoms with Gasteiger partial charge in [-0.3, -0.25) is 4.79 Å². The van der Waals surface area contributed by atoms with E-state index in [1.54, 1.807) is 14.2 Å². The van der Waals surface area contributed by atoms with Crippen molar-refractivity contribution < 1.29 is 14.3 Å². The molecule has 6 nitrogen and oxygen atoms in total. The van der Waals surface area contributed by atoms with E-state index in [9.17, 15) is 4.79 Å². The minimum absolute atomic E-state index is 0.0613. The summed E-state index contributed by atoms with van der Waals surface area (Å²) in [7, 11) is 3.15. The minimum Gasteiger partial charge on any atom is -0.496 e. The van der Waals surface area contributed by atoms with Crippen LogP contribution in [0.1, 0.15) is 5.56 Å². The Bertz CT molecular complexity index is 521. The molecule has 0 spiro atoms. The molecule has 0 saturated carbocycles. The van der Waals surface area contributed by atoms with Crippen molar-refractivity contribution in [3.63, 3.8) is 0 Å². The van der Waals surface area contributed by atoms with E-state index >= 15 is 0 Å². The van der Waals surface area contributed by atoms with E-state index in [1.807, 2.05) is 18.2 Å². The number of ether oxygens (including phenoxy) is 2. The summed E-state index contributed by atoms with van der Waals surface area (Å²) in [5, 5.41) is 11.0. The van der Waals surface area contributed by atoms with Crippen molar-refractivity contribution in [3.05, 3.63) is 23.8 Å². The average Bonchev–Trinajstić information content (AvgIpc) is 2.84. The Hall–Kier alpha value is -2.02. The molecule has 0 radical (unpaired) electrons. The number of carbonyl (C=O) groups excluding carboxylic acids is 1. The zero-order chi connectivity index (χ0) is 13.7. The number of hydrogen-bond acceptors (Lipinski definition) is 6. The first-order valence-corrected chi connectivity index (χ1v) is 6.48. The van der Waals surface area contributed by atoms with Gasteiger partial charge in [0.2, 0.25) is 5.91 Å². The highest BCUT2D eigenvalue weighted by Crippen LogP contribution is 2.26. The quantitative estimate of drug-likeness (QED) is 0.665. The second kappa shape index (κ2) is 6.24. The first kappa shape index (κ1) is 13.4. The standard InChI is InChI=1S/C12H13N3O3S/c1-17-9-4-3-5-10(18-2)8(9)6-13-15-12-14-11(16)7-19-12/h3-6H,7H2,1-2H3,(H,14,15,16). The Morgan fingerprint density at radius 1 is 1.32 bits per heavy atom. The first-order valence-electron chi connectivity index (χ1n) is 5.49. The van der Waals surface area contributed by atoms with Gasteiger partial charge in [0.25, 0.3) is 0 Å². The molecule has 100 valence electrons. The predicted molar refractivity (Wildman–Crippen MR) is 75.2 cm³/mol. The largest absolute Gasteiger partial charge is 0.496 e. The van der Waals surface area contributed by atoms with Crippen molar-refractivity contribution in [2.24, 2.45) is 10.2 Å². The van der Waals surface area contributed by atoms with Crippen LogP contribution in [0, 0.1) is 0 Å². The van der Waals surface area contributed by atoms with E-state index in [-0.39, 0.29) is 5.91 Å². The molecule has 1 aromatic rings. The van der Waals surface area contributed by atoms with Crippen molar-refractivity contribution in [3.8, 4) is 11.5 Å². The van der Waals surface area contributed by atoms with Crippen molar-refractivity contribution in [1.82, 2.24) is 5.32 Å². The Morgan fingerprint density at radius 2 is 2.00 bits per heavy atom. The molecule has 1 N–H and O–H groups in total. The lowest BCUT2D eigenvalue weighted by Crippen LogP contribution is -2.19. The number of thioether (sulfide) groups is 1. The van der Waals surface area contributed by atoms with E-state index in [4.69, 9.17) is 9.47 Å². The first-order chi connectivity index (χ1) is 9.24. The Labute approximate surface area is 114 Å². The number of amides is 1. The summed E-state index contributed by atoms with van der Waals surface area (Å²) in [6.45, 7) is 0. The smallest absolute Gasteiger partial charge is 0.236 e. The topological polar surface area (TPSA) is 72.3 Å². The van der Waals surface area contributed by atoms with Gasteiger partial charge in [-0.15, -0.1) is 5.10 Å². The van der Waals surface area contributed by atoms with Crippen LogP contribution in [0.15, 0.2) is 28.4 Å². The Morgan fingerprint density at radius 3 is 2.53 bits per heavy atom. The molecule has 0 bridgehead atoms. The van der Waals surface area contributed by atoms with Crippen molar-refractivity contribution in [1.29, 1.82) is 0 Å². The van der Waals surface area contributed by atoms with Gasteiger partial charge in [-0.2, -0.15) is 5.10 Å². The third-order valence-corrected chi connectivity index (χ3v) is 3.25. The molecule has 0 aliphatic carbocycles. The van der Waals surface area contributed by atoms with Gasteiger partial charge >= 0.3 is 0 Å². The van der Waals surface area contributed by atoms with Gasteiger partial charge in [-0.25, -0.2) is 0 Å². The van der Waals surface area contributed by atoms with E-state index in [0.29, 0.717) is 28.0 Å². The van der Waals surface area contributed by atoms with Gasteiger partial charge in [0.05, 0.1) is 31.8 Å². The van der Waals surface area contributed by atoms with E-state index in [0.717, 1.165) is 0 Å². The van der Waals surface area contributed by atoms with Gasteiger partial charge in [0.1, 0.15) is 11.5 Å². The summed E-state index contributed by atoms with van der Waals surface area (Å²) in [4.78, 5) is 11.0. The van der Waals surface area contributed by atoms with Crippen LogP contribution in [0.5, 0.6) is 11.5 Å². The lowest BCUT2D eigenvalue weighted by atomic mass is 10.2. The fourth-order valence-electron chi connectivity index (χ4n) is 1.53. The third-order valence-electron chi connectivity index (χ3n) is 2.39. The highest BCUT2D eigenvalue weighted by molar-refractivity contribution is 8.15. The summed E-state index contributed by atoms with van der Waals surface area (Å²) in [6, 6.07) is 5.44. The second-order valence-corrected chi connectivity index (χ2v) is 4.53. The zero-order valence-electron chi connectivity index (χ0n) is 10.5. The van der Waals surface area contributed by atoms with E-state index in [2.05, 4.69) is 15.5 Å². The van der Waals surface area contributed by atoms with Gasteiger partial charge in [-0.05, 0) is 12.1 Å². The molecular weight excluding hydrogens is 266 g/mol. The average molecular weight is 279 g/mol. The molecule has 7 heteroatoms. The monoisotopic (exact) mass is 279 g/mol. The lowest BCUT2D eigenvalue weighted by molar-refractivity contribution is -0.116. The van der Waals surface area contributed by atoms with Gasteiger partial charge < -0.3 is 14.8 Å². The molecule has 1 heterocycles. The number of hydrogen-bond donors (Lipinski definition) is 1. The van der Waals surface area contributed by atoms with E-state index < -0.39 is 0 Å². The maximum atomic E-state index is 11.0. The Kier molecular flexibility index (Phi) is 4.40. The van der Waals surface area contributed by atoms with Gasteiger partial charge in [0, 0.05) is 0 Å². The lowest BCUT2D eigenvalue weighted by Gasteiger charge is -2.08. The van der Waals surface area contributed by atoms with Crippen LogP contribution in [-0.2, 0) is 4.79 Å². The number of methoxy groups -OCH3 is 2. The normalized spacial score (nSPS) is 16.9. The molecule has 0 aromatic heterocycles. The number of nitrogens with zero attached hydrogens (tertiary/aromatic N) is 2. The highest BCUT2D eigenvalue weighted by Gasteiger charge is 2.16. The van der Waals surface area contributed by atoms with Crippen LogP contribution < -0.4 is 14.8 Å². The molecule has 1 aromatic carbocycles. The van der Waals surface area contributed by atoms with Crippen LogP contribution >= 0.6 is 11.8 Å². The van der Waals surface area contributed by atoms with Crippen LogP contribution in [0.2, 0.25) is 0 Å². The SMILES string of the molecule is COc1cccc(OC)c1C=NN=C1NC(=O)CS1. The van der Waals surface area contributed by atoms with E-state index in [1.165, 1.54) is 18.0 Å². The molecule has 2 rings (SSSR count). The van der Waals surface area contributed by atoms with Crippen LogP contribution in [-0.4, -0.2) is 37.3 Å². The van der Waals surface area contributed by atoms with Crippen LogP contribution in [0.4, 0.5) is 0 Å². The molecule has 0 atom stereocenters. The Balaban J connectivity index is 2.20. The summed E-state index contributed by atoms with van der Waals surface area (Å²) in [5.74, 6) is 1.61. The van der Waals surface area contributed by atoms with Crippen molar-refractivity contribution >= 4 is 29.1 Å². The fourth-order valence-corrected chi connectivity index (χ4v) is 2.16. The molecule has 1 fully saturated rings. The van der Waals surface area contributed by atoms with Crippen molar-refractivity contribution in [2.45, 2.75) is 0 Å². The summed E-state index contributed by atoms with van der Waals surface area (Å²) >= 11 is 1.32. The van der Waals surface area contributed by atoms with Crippen LogP contribution in [0.25, 0.3) is 0 Å².